The fourth-order valence-corrected chi connectivity index (χ4v) is 3.27. The van der Waals surface area contributed by atoms with E-state index in [1.54, 1.807) is 11.7 Å². The number of aromatic nitrogens is 1. The van der Waals surface area contributed by atoms with Gasteiger partial charge in [-0.05, 0) is 43.9 Å². The molecule has 26 heavy (non-hydrogen) atoms. The van der Waals surface area contributed by atoms with E-state index in [1.165, 1.54) is 6.07 Å². The van der Waals surface area contributed by atoms with Crippen LogP contribution in [0, 0.1) is 0 Å². The lowest BCUT2D eigenvalue weighted by atomic mass is 10.0. The minimum atomic E-state index is -0.213. The number of fused-ring (bicyclic) bond motifs is 1. The molecule has 0 aliphatic carbocycles. The third-order valence-electron chi connectivity index (χ3n) is 4.57. The Kier molecular flexibility index (Phi) is 5.61. The summed E-state index contributed by atoms with van der Waals surface area (Å²) in [7, 11) is 1.62. The van der Waals surface area contributed by atoms with Crippen LogP contribution in [0.4, 0.5) is 0 Å². The van der Waals surface area contributed by atoms with Crippen molar-refractivity contribution in [2.45, 2.75) is 39.3 Å². The van der Waals surface area contributed by atoms with Crippen molar-refractivity contribution in [1.82, 2.24) is 9.88 Å². The molecule has 0 spiro atoms. The number of nitrogens with one attached hydrogen (secondary N) is 1. The Labute approximate surface area is 152 Å². The predicted octanol–water partition coefficient (Wildman–Crippen LogP) is 2.52. The summed E-state index contributed by atoms with van der Waals surface area (Å²) in [5.41, 5.74) is 2.13. The molecule has 6 heteroatoms. The van der Waals surface area contributed by atoms with Crippen molar-refractivity contribution in [3.05, 3.63) is 57.5 Å². The first-order valence-electron chi connectivity index (χ1n) is 8.94. The maximum atomic E-state index is 12.9. The van der Waals surface area contributed by atoms with E-state index in [0.29, 0.717) is 37.4 Å². The van der Waals surface area contributed by atoms with Gasteiger partial charge in [-0.3, -0.25) is 9.59 Å². The molecule has 0 saturated heterocycles. The number of nitrogens with zero attached hydrogens (tertiary/aromatic N) is 1. The molecule has 6 nitrogen and oxygen atoms in total. The van der Waals surface area contributed by atoms with Crippen LogP contribution in [0.5, 0.6) is 11.5 Å². The van der Waals surface area contributed by atoms with Crippen molar-refractivity contribution in [3.8, 4) is 11.5 Å². The van der Waals surface area contributed by atoms with Gasteiger partial charge in [0.05, 0.1) is 13.7 Å². The second kappa shape index (κ2) is 8.08. The zero-order valence-electron chi connectivity index (χ0n) is 15.2. The highest BCUT2D eigenvalue weighted by Gasteiger charge is 2.24. The van der Waals surface area contributed by atoms with Crippen LogP contribution in [0.3, 0.4) is 0 Å². The van der Waals surface area contributed by atoms with E-state index < -0.39 is 0 Å². The van der Waals surface area contributed by atoms with Crippen molar-refractivity contribution in [2.24, 2.45) is 0 Å². The van der Waals surface area contributed by atoms with Crippen LogP contribution >= 0.6 is 0 Å². The van der Waals surface area contributed by atoms with E-state index in [1.807, 2.05) is 31.2 Å². The molecule has 0 bridgehead atoms. The number of benzene rings is 1. The summed E-state index contributed by atoms with van der Waals surface area (Å²) < 4.78 is 12.4. The van der Waals surface area contributed by atoms with E-state index in [9.17, 15) is 9.59 Å². The number of hydrogen-bond acceptors (Lipinski definition) is 4. The molecule has 3 rings (SSSR count). The molecular formula is C20H24N2O4. The normalized spacial score (nSPS) is 13.0. The van der Waals surface area contributed by atoms with Gasteiger partial charge in [0.15, 0.2) is 0 Å². The lowest BCUT2D eigenvalue weighted by molar-refractivity contribution is 0.0944. The van der Waals surface area contributed by atoms with Crippen LogP contribution < -0.4 is 20.3 Å². The Bertz CT molecular complexity index is 840. The highest BCUT2D eigenvalue weighted by atomic mass is 16.5. The van der Waals surface area contributed by atoms with Crippen LogP contribution in [0.2, 0.25) is 0 Å². The van der Waals surface area contributed by atoms with Gasteiger partial charge in [0, 0.05) is 24.8 Å². The summed E-state index contributed by atoms with van der Waals surface area (Å²) in [6, 6.07) is 8.97. The summed E-state index contributed by atoms with van der Waals surface area (Å²) in [4.78, 5) is 25.2. The SMILES string of the molecule is CCOc1cc(=O)n2c(c1C(=O)NCc1ccc(OC)cc1)CCCC2. The summed E-state index contributed by atoms with van der Waals surface area (Å²) in [6.45, 7) is 3.30. The second-order valence-corrected chi connectivity index (χ2v) is 6.24. The number of ether oxygens (including phenoxy) is 2. The number of pyridine rings is 1. The Morgan fingerprint density at radius 3 is 2.69 bits per heavy atom. The molecule has 1 aromatic carbocycles. The monoisotopic (exact) mass is 356 g/mol. The molecule has 0 saturated carbocycles. The van der Waals surface area contributed by atoms with E-state index >= 15 is 0 Å². The zero-order valence-corrected chi connectivity index (χ0v) is 15.2. The van der Waals surface area contributed by atoms with E-state index in [2.05, 4.69) is 5.32 Å². The fraction of sp³-hybridized carbons (Fsp3) is 0.400. The quantitative estimate of drug-likeness (QED) is 0.863. The maximum Gasteiger partial charge on any atom is 0.257 e. The number of amides is 1. The van der Waals surface area contributed by atoms with Gasteiger partial charge in [0.25, 0.3) is 11.5 Å². The topological polar surface area (TPSA) is 69.6 Å². The molecule has 1 amide bonds. The van der Waals surface area contributed by atoms with Crippen molar-refractivity contribution < 1.29 is 14.3 Å². The van der Waals surface area contributed by atoms with Crippen LogP contribution in [0.15, 0.2) is 35.1 Å². The Balaban J connectivity index is 1.86. The highest BCUT2D eigenvalue weighted by Crippen LogP contribution is 2.25. The Morgan fingerprint density at radius 1 is 1.23 bits per heavy atom. The summed E-state index contributed by atoms with van der Waals surface area (Å²) >= 11 is 0. The molecule has 138 valence electrons. The average Bonchev–Trinajstić information content (AvgIpc) is 2.67. The van der Waals surface area contributed by atoms with Crippen LogP contribution in [-0.4, -0.2) is 24.2 Å². The molecule has 2 heterocycles. The molecule has 0 unspecified atom stereocenters. The third-order valence-corrected chi connectivity index (χ3v) is 4.57. The molecule has 1 aliphatic heterocycles. The lowest BCUT2D eigenvalue weighted by Crippen LogP contribution is -2.33. The first-order valence-corrected chi connectivity index (χ1v) is 8.94. The van der Waals surface area contributed by atoms with Crippen molar-refractivity contribution in [3.63, 3.8) is 0 Å². The molecule has 1 aliphatic rings. The number of hydrogen-bond donors (Lipinski definition) is 1. The fourth-order valence-electron chi connectivity index (χ4n) is 3.27. The van der Waals surface area contributed by atoms with Crippen LogP contribution in [0.1, 0.15) is 41.4 Å². The third kappa shape index (κ3) is 3.74. The lowest BCUT2D eigenvalue weighted by Gasteiger charge is -2.23. The van der Waals surface area contributed by atoms with Gasteiger partial charge >= 0.3 is 0 Å². The minimum absolute atomic E-state index is 0.102. The smallest absolute Gasteiger partial charge is 0.257 e. The Morgan fingerprint density at radius 2 is 2.00 bits per heavy atom. The standard InChI is InChI=1S/C20H24N2O4/c1-3-26-17-12-18(23)22-11-5-4-6-16(22)19(17)20(24)21-13-14-7-9-15(25-2)10-8-14/h7-10,12H,3-6,11,13H2,1-2H3,(H,21,24). The van der Waals surface area contributed by atoms with Gasteiger partial charge in [0.1, 0.15) is 17.1 Å². The van der Waals surface area contributed by atoms with Crippen molar-refractivity contribution >= 4 is 5.91 Å². The molecule has 0 fully saturated rings. The van der Waals surface area contributed by atoms with Gasteiger partial charge in [-0.1, -0.05) is 12.1 Å². The van der Waals surface area contributed by atoms with Gasteiger partial charge in [-0.15, -0.1) is 0 Å². The zero-order chi connectivity index (χ0) is 18.5. The predicted molar refractivity (Wildman–Crippen MR) is 99.0 cm³/mol. The highest BCUT2D eigenvalue weighted by molar-refractivity contribution is 5.98. The van der Waals surface area contributed by atoms with Crippen molar-refractivity contribution in [1.29, 1.82) is 0 Å². The summed E-state index contributed by atoms with van der Waals surface area (Å²) in [5, 5.41) is 2.95. The van der Waals surface area contributed by atoms with Crippen molar-refractivity contribution in [2.75, 3.05) is 13.7 Å². The first-order chi connectivity index (χ1) is 12.6. The molecule has 2 aromatic rings. The van der Waals surface area contributed by atoms with Crippen LogP contribution in [0.25, 0.3) is 0 Å². The molecule has 0 atom stereocenters. The minimum Gasteiger partial charge on any atom is -0.497 e. The molecule has 1 aromatic heterocycles. The Hall–Kier alpha value is -2.76. The van der Waals surface area contributed by atoms with E-state index in [-0.39, 0.29) is 11.5 Å². The van der Waals surface area contributed by atoms with E-state index in [4.69, 9.17) is 9.47 Å². The summed E-state index contributed by atoms with van der Waals surface area (Å²) in [6.07, 6.45) is 2.63. The van der Waals surface area contributed by atoms with Gasteiger partial charge in [-0.2, -0.15) is 0 Å². The molecule has 0 radical (unpaired) electrons. The van der Waals surface area contributed by atoms with E-state index in [0.717, 1.165) is 29.8 Å². The number of carbonyl (C=O) groups is 1. The number of carbonyl (C=O) groups excluding carboxylic acids is 1. The molecular weight excluding hydrogens is 332 g/mol. The largest absolute Gasteiger partial charge is 0.497 e. The van der Waals surface area contributed by atoms with Crippen LogP contribution in [-0.2, 0) is 19.5 Å². The van der Waals surface area contributed by atoms with Gasteiger partial charge in [0.2, 0.25) is 0 Å². The number of methoxy groups -OCH3 is 1. The maximum absolute atomic E-state index is 12.9. The number of rotatable bonds is 6. The average molecular weight is 356 g/mol. The second-order valence-electron chi connectivity index (χ2n) is 6.24. The van der Waals surface area contributed by atoms with Gasteiger partial charge in [-0.25, -0.2) is 0 Å². The summed E-state index contributed by atoms with van der Waals surface area (Å²) in [5.74, 6) is 0.933. The first kappa shape index (κ1) is 18.0. The van der Waals surface area contributed by atoms with Gasteiger partial charge < -0.3 is 19.4 Å². The molecule has 1 N–H and O–H groups in total.